The predicted octanol–water partition coefficient (Wildman–Crippen LogP) is 3.06. The minimum absolute atomic E-state index is 0.342. The molecular weight excluding hydrogens is 246 g/mol. The third kappa shape index (κ3) is 9.73. The van der Waals surface area contributed by atoms with E-state index >= 15 is 0 Å². The molecular formula is C17H39N3. The molecule has 1 N–H and O–H groups in total. The number of hydrogen-bond donors (Lipinski definition) is 1. The molecule has 0 amide bonds. The van der Waals surface area contributed by atoms with Crippen LogP contribution in [0.4, 0.5) is 0 Å². The number of rotatable bonds is 11. The second-order valence-electron chi connectivity index (χ2n) is 7.31. The molecule has 0 fully saturated rings. The molecule has 0 aliphatic heterocycles. The highest BCUT2D eigenvalue weighted by Gasteiger charge is 2.24. The molecule has 0 bridgehead atoms. The van der Waals surface area contributed by atoms with Gasteiger partial charge in [0.05, 0.1) is 0 Å². The summed E-state index contributed by atoms with van der Waals surface area (Å²) < 4.78 is 0. The fraction of sp³-hybridized carbons (Fsp3) is 1.00. The van der Waals surface area contributed by atoms with E-state index in [-0.39, 0.29) is 0 Å². The minimum Gasteiger partial charge on any atom is -0.313 e. The number of nitrogens with zero attached hydrogens (tertiary/aromatic N) is 2. The zero-order chi connectivity index (χ0) is 15.6. The lowest BCUT2D eigenvalue weighted by Crippen LogP contribution is -2.44. The van der Waals surface area contributed by atoms with Gasteiger partial charge >= 0.3 is 0 Å². The molecule has 3 heteroatoms. The molecule has 0 saturated heterocycles. The Labute approximate surface area is 128 Å². The van der Waals surface area contributed by atoms with Gasteiger partial charge in [-0.25, -0.2) is 0 Å². The van der Waals surface area contributed by atoms with E-state index in [4.69, 9.17) is 0 Å². The SMILES string of the molecule is CCCNC(CCN(CCC)CCN(C)C)C(C)(C)C. The number of nitrogens with one attached hydrogen (secondary N) is 1. The van der Waals surface area contributed by atoms with E-state index < -0.39 is 0 Å². The van der Waals surface area contributed by atoms with Gasteiger partial charge in [-0.1, -0.05) is 34.6 Å². The molecule has 3 nitrogen and oxygen atoms in total. The Bertz CT molecular complexity index is 221. The van der Waals surface area contributed by atoms with Crippen LogP contribution in [0.25, 0.3) is 0 Å². The van der Waals surface area contributed by atoms with Gasteiger partial charge in [-0.3, -0.25) is 0 Å². The van der Waals surface area contributed by atoms with Crippen LogP contribution in [0.5, 0.6) is 0 Å². The van der Waals surface area contributed by atoms with E-state index in [2.05, 4.69) is 63.8 Å². The van der Waals surface area contributed by atoms with E-state index in [0.29, 0.717) is 11.5 Å². The predicted molar refractivity (Wildman–Crippen MR) is 91.4 cm³/mol. The Morgan fingerprint density at radius 3 is 2.00 bits per heavy atom. The first-order chi connectivity index (χ1) is 9.31. The van der Waals surface area contributed by atoms with Gasteiger partial charge in [0.1, 0.15) is 0 Å². The average molecular weight is 286 g/mol. The molecule has 20 heavy (non-hydrogen) atoms. The van der Waals surface area contributed by atoms with Gasteiger partial charge in [0.25, 0.3) is 0 Å². The highest BCUT2D eigenvalue weighted by atomic mass is 15.2. The van der Waals surface area contributed by atoms with Gasteiger partial charge in [0, 0.05) is 19.1 Å². The summed E-state index contributed by atoms with van der Waals surface area (Å²) in [5, 5.41) is 3.73. The van der Waals surface area contributed by atoms with Crippen molar-refractivity contribution in [3.05, 3.63) is 0 Å². The third-order valence-electron chi connectivity index (χ3n) is 3.82. The lowest BCUT2D eigenvalue weighted by Gasteiger charge is -2.34. The summed E-state index contributed by atoms with van der Waals surface area (Å²) in [6, 6.07) is 0.612. The molecule has 0 rings (SSSR count). The van der Waals surface area contributed by atoms with E-state index in [0.717, 1.165) is 13.1 Å². The molecule has 0 aromatic rings. The van der Waals surface area contributed by atoms with Crippen LogP contribution in [0.3, 0.4) is 0 Å². The van der Waals surface area contributed by atoms with Crippen molar-refractivity contribution in [1.82, 2.24) is 15.1 Å². The third-order valence-corrected chi connectivity index (χ3v) is 3.82. The maximum absolute atomic E-state index is 3.73. The second kappa shape index (κ2) is 10.6. The first-order valence-electron chi connectivity index (χ1n) is 8.41. The van der Waals surface area contributed by atoms with Crippen LogP contribution in [0.1, 0.15) is 53.9 Å². The highest BCUT2D eigenvalue weighted by Crippen LogP contribution is 2.22. The van der Waals surface area contributed by atoms with E-state index in [9.17, 15) is 0 Å². The van der Waals surface area contributed by atoms with E-state index in [1.807, 2.05) is 0 Å². The van der Waals surface area contributed by atoms with Crippen molar-refractivity contribution in [2.75, 3.05) is 46.8 Å². The van der Waals surface area contributed by atoms with Crippen LogP contribution < -0.4 is 5.32 Å². The lowest BCUT2D eigenvalue weighted by atomic mass is 9.84. The molecule has 1 unspecified atom stereocenters. The zero-order valence-corrected chi connectivity index (χ0v) is 15.1. The molecule has 122 valence electrons. The van der Waals surface area contributed by atoms with E-state index in [1.54, 1.807) is 0 Å². The van der Waals surface area contributed by atoms with Crippen molar-refractivity contribution in [2.24, 2.45) is 5.41 Å². The highest BCUT2D eigenvalue weighted by molar-refractivity contribution is 4.81. The van der Waals surface area contributed by atoms with Gasteiger partial charge in [-0.15, -0.1) is 0 Å². The first kappa shape index (κ1) is 19.9. The molecule has 0 aliphatic rings. The molecule has 0 radical (unpaired) electrons. The molecule has 0 aromatic heterocycles. The standard InChI is InChI=1S/C17H39N3/c1-8-11-18-16(17(3,4)5)10-13-20(12-9-2)15-14-19(6)7/h16,18H,8-15H2,1-7H3. The van der Waals surface area contributed by atoms with Crippen molar-refractivity contribution in [1.29, 1.82) is 0 Å². The Morgan fingerprint density at radius 2 is 1.55 bits per heavy atom. The van der Waals surface area contributed by atoms with Crippen LogP contribution >= 0.6 is 0 Å². The summed E-state index contributed by atoms with van der Waals surface area (Å²) in [6.07, 6.45) is 3.71. The molecule has 0 aliphatic carbocycles. The number of hydrogen-bond acceptors (Lipinski definition) is 3. The normalized spacial score (nSPS) is 14.2. The molecule has 0 saturated carbocycles. The largest absolute Gasteiger partial charge is 0.313 e. The Hall–Kier alpha value is -0.120. The average Bonchev–Trinajstić information content (AvgIpc) is 2.33. The van der Waals surface area contributed by atoms with Crippen LogP contribution in [0.2, 0.25) is 0 Å². The molecule has 0 heterocycles. The summed E-state index contributed by atoms with van der Waals surface area (Å²) in [5.74, 6) is 0. The van der Waals surface area contributed by atoms with Crippen LogP contribution in [-0.4, -0.2) is 62.7 Å². The van der Waals surface area contributed by atoms with Gasteiger partial charge in [0.15, 0.2) is 0 Å². The summed E-state index contributed by atoms with van der Waals surface area (Å²) in [6.45, 7) is 17.5. The summed E-state index contributed by atoms with van der Waals surface area (Å²) >= 11 is 0. The van der Waals surface area contributed by atoms with Crippen LogP contribution in [0, 0.1) is 5.41 Å². The van der Waals surface area contributed by atoms with Crippen molar-refractivity contribution in [3.63, 3.8) is 0 Å². The van der Waals surface area contributed by atoms with Gasteiger partial charge in [-0.2, -0.15) is 0 Å². The Balaban J connectivity index is 4.30. The molecule has 0 spiro atoms. The minimum atomic E-state index is 0.342. The maximum Gasteiger partial charge on any atom is 0.0128 e. The smallest absolute Gasteiger partial charge is 0.0128 e. The number of likely N-dealkylation sites (N-methyl/N-ethyl adjacent to an activating group) is 1. The topological polar surface area (TPSA) is 18.5 Å². The Morgan fingerprint density at radius 1 is 0.900 bits per heavy atom. The monoisotopic (exact) mass is 285 g/mol. The van der Waals surface area contributed by atoms with Gasteiger partial charge < -0.3 is 15.1 Å². The van der Waals surface area contributed by atoms with Crippen molar-refractivity contribution in [2.45, 2.75) is 59.9 Å². The summed E-state index contributed by atoms with van der Waals surface area (Å²) in [4.78, 5) is 4.89. The van der Waals surface area contributed by atoms with Gasteiger partial charge in [0.2, 0.25) is 0 Å². The maximum atomic E-state index is 3.73. The fourth-order valence-corrected chi connectivity index (χ4v) is 2.46. The van der Waals surface area contributed by atoms with Gasteiger partial charge in [-0.05, 0) is 58.4 Å². The lowest BCUT2D eigenvalue weighted by molar-refractivity contribution is 0.193. The van der Waals surface area contributed by atoms with E-state index in [1.165, 1.54) is 38.9 Å². The van der Waals surface area contributed by atoms with Crippen LogP contribution in [0.15, 0.2) is 0 Å². The molecule has 1 atom stereocenters. The van der Waals surface area contributed by atoms with Crippen LogP contribution in [-0.2, 0) is 0 Å². The Kier molecular flexibility index (Phi) is 10.5. The van der Waals surface area contributed by atoms with Crippen molar-refractivity contribution >= 4 is 0 Å². The summed E-state index contributed by atoms with van der Waals surface area (Å²) in [7, 11) is 4.32. The molecule has 0 aromatic carbocycles. The van der Waals surface area contributed by atoms with Crippen molar-refractivity contribution in [3.8, 4) is 0 Å². The second-order valence-corrected chi connectivity index (χ2v) is 7.31. The van der Waals surface area contributed by atoms with Crippen molar-refractivity contribution < 1.29 is 0 Å². The first-order valence-corrected chi connectivity index (χ1v) is 8.41. The fourth-order valence-electron chi connectivity index (χ4n) is 2.46. The zero-order valence-electron chi connectivity index (χ0n) is 15.1. The summed E-state index contributed by atoms with van der Waals surface area (Å²) in [5.41, 5.74) is 0.342. The quantitative estimate of drug-likeness (QED) is 0.629.